The van der Waals surface area contributed by atoms with Gasteiger partial charge in [0, 0.05) is 19.0 Å². The SMILES string of the molecule is CCNC(=NCCS(=O)(=O)Nc1ccc(C)c(F)c1)N(C)Cc1csc(C)n1. The molecule has 0 spiro atoms. The van der Waals surface area contributed by atoms with Crippen molar-refractivity contribution in [2.75, 3.05) is 30.6 Å². The van der Waals surface area contributed by atoms with Gasteiger partial charge < -0.3 is 10.2 Å². The van der Waals surface area contributed by atoms with E-state index in [-0.39, 0.29) is 18.0 Å². The number of aliphatic imine (C=N–C) groups is 1. The molecule has 10 heteroatoms. The van der Waals surface area contributed by atoms with Gasteiger partial charge in [-0.3, -0.25) is 9.71 Å². The molecule has 154 valence electrons. The first kappa shape index (κ1) is 22.1. The van der Waals surface area contributed by atoms with Crippen LogP contribution in [-0.2, 0) is 16.6 Å². The van der Waals surface area contributed by atoms with Crippen molar-refractivity contribution in [1.82, 2.24) is 15.2 Å². The second-order valence-electron chi connectivity index (χ2n) is 6.33. The summed E-state index contributed by atoms with van der Waals surface area (Å²) in [6, 6.07) is 4.24. The Morgan fingerprint density at radius 1 is 1.36 bits per heavy atom. The molecule has 0 aliphatic carbocycles. The fraction of sp³-hybridized carbons (Fsp3) is 0.444. The zero-order chi connectivity index (χ0) is 20.7. The van der Waals surface area contributed by atoms with Gasteiger partial charge in [-0.05, 0) is 38.5 Å². The summed E-state index contributed by atoms with van der Waals surface area (Å²) in [7, 11) is -1.76. The van der Waals surface area contributed by atoms with E-state index in [2.05, 4.69) is 20.0 Å². The van der Waals surface area contributed by atoms with E-state index in [0.29, 0.717) is 24.6 Å². The Morgan fingerprint density at radius 3 is 2.71 bits per heavy atom. The average molecular weight is 428 g/mol. The normalized spacial score (nSPS) is 12.1. The maximum absolute atomic E-state index is 13.6. The second-order valence-corrected chi connectivity index (χ2v) is 9.24. The topological polar surface area (TPSA) is 86.7 Å². The molecule has 0 saturated carbocycles. The highest BCUT2D eigenvalue weighted by Gasteiger charge is 2.13. The molecule has 2 rings (SSSR count). The van der Waals surface area contributed by atoms with Crippen molar-refractivity contribution in [2.45, 2.75) is 27.3 Å². The van der Waals surface area contributed by atoms with Gasteiger partial charge in [-0.25, -0.2) is 17.8 Å². The molecule has 1 aromatic carbocycles. The minimum atomic E-state index is -3.64. The van der Waals surface area contributed by atoms with Crippen LogP contribution in [0.25, 0.3) is 0 Å². The van der Waals surface area contributed by atoms with E-state index in [9.17, 15) is 12.8 Å². The van der Waals surface area contributed by atoms with Crippen LogP contribution in [0, 0.1) is 19.7 Å². The van der Waals surface area contributed by atoms with E-state index in [1.165, 1.54) is 18.2 Å². The highest BCUT2D eigenvalue weighted by Crippen LogP contribution is 2.15. The molecule has 0 amide bonds. The molecule has 2 N–H and O–H groups in total. The molecular formula is C18H26FN5O2S2. The van der Waals surface area contributed by atoms with Crippen molar-refractivity contribution < 1.29 is 12.8 Å². The number of nitrogens with zero attached hydrogens (tertiary/aromatic N) is 3. The lowest BCUT2D eigenvalue weighted by atomic mass is 10.2. The van der Waals surface area contributed by atoms with Crippen LogP contribution in [0.5, 0.6) is 0 Å². The van der Waals surface area contributed by atoms with Crippen molar-refractivity contribution in [3.05, 3.63) is 45.7 Å². The van der Waals surface area contributed by atoms with Crippen LogP contribution in [0.3, 0.4) is 0 Å². The molecular weight excluding hydrogens is 401 g/mol. The fourth-order valence-electron chi connectivity index (χ4n) is 2.43. The third-order valence-corrected chi connectivity index (χ3v) is 5.92. The van der Waals surface area contributed by atoms with Gasteiger partial charge >= 0.3 is 0 Å². The summed E-state index contributed by atoms with van der Waals surface area (Å²) in [5.74, 6) is -0.0580. The average Bonchev–Trinajstić information content (AvgIpc) is 3.01. The number of sulfonamides is 1. The van der Waals surface area contributed by atoms with Gasteiger partial charge in [0.05, 0.1) is 35.2 Å². The predicted octanol–water partition coefficient (Wildman–Crippen LogP) is 2.74. The van der Waals surface area contributed by atoms with Crippen LogP contribution in [0.15, 0.2) is 28.6 Å². The summed E-state index contributed by atoms with van der Waals surface area (Å²) in [6.45, 7) is 6.82. The number of benzene rings is 1. The molecule has 7 nitrogen and oxygen atoms in total. The minimum absolute atomic E-state index is 0.0758. The molecule has 0 aliphatic heterocycles. The Hall–Kier alpha value is -2.20. The molecule has 0 bridgehead atoms. The highest BCUT2D eigenvalue weighted by molar-refractivity contribution is 7.92. The van der Waals surface area contributed by atoms with E-state index in [1.54, 1.807) is 18.3 Å². The van der Waals surface area contributed by atoms with Crippen LogP contribution >= 0.6 is 11.3 Å². The molecule has 28 heavy (non-hydrogen) atoms. The maximum Gasteiger partial charge on any atom is 0.234 e. The number of rotatable bonds is 8. The molecule has 0 unspecified atom stereocenters. The summed E-state index contributed by atoms with van der Waals surface area (Å²) in [5.41, 5.74) is 1.60. The number of hydrogen-bond donors (Lipinski definition) is 2. The van der Waals surface area contributed by atoms with Crippen LogP contribution in [-0.4, -0.2) is 50.2 Å². The van der Waals surface area contributed by atoms with Gasteiger partial charge in [0.2, 0.25) is 10.0 Å². The zero-order valence-electron chi connectivity index (χ0n) is 16.5. The Morgan fingerprint density at radius 2 is 2.11 bits per heavy atom. The van der Waals surface area contributed by atoms with E-state index < -0.39 is 15.8 Å². The molecule has 1 aromatic heterocycles. The molecule has 0 fully saturated rings. The van der Waals surface area contributed by atoms with Gasteiger partial charge in [0.1, 0.15) is 5.82 Å². The van der Waals surface area contributed by atoms with E-state index in [1.807, 2.05) is 31.2 Å². The van der Waals surface area contributed by atoms with Gasteiger partial charge in [-0.2, -0.15) is 0 Å². The number of thiazole rings is 1. The summed E-state index contributed by atoms with van der Waals surface area (Å²) in [5, 5.41) is 6.13. The molecule has 0 saturated heterocycles. The Kier molecular flexibility index (Phi) is 7.76. The zero-order valence-corrected chi connectivity index (χ0v) is 18.1. The third-order valence-electron chi connectivity index (χ3n) is 3.83. The van der Waals surface area contributed by atoms with Crippen molar-refractivity contribution in [2.24, 2.45) is 4.99 Å². The summed E-state index contributed by atoms with van der Waals surface area (Å²) < 4.78 is 40.5. The Balaban J connectivity index is 1.98. The third kappa shape index (κ3) is 6.75. The lowest BCUT2D eigenvalue weighted by Gasteiger charge is -2.21. The van der Waals surface area contributed by atoms with Crippen molar-refractivity contribution in [3.8, 4) is 0 Å². The number of aryl methyl sites for hydroxylation is 2. The molecule has 0 aliphatic rings. The number of guanidine groups is 1. The Labute approximate surface area is 169 Å². The largest absolute Gasteiger partial charge is 0.357 e. The number of anilines is 1. The molecule has 0 atom stereocenters. The van der Waals surface area contributed by atoms with Crippen molar-refractivity contribution in [1.29, 1.82) is 0 Å². The summed E-state index contributed by atoms with van der Waals surface area (Å²) in [6.07, 6.45) is 0. The van der Waals surface area contributed by atoms with Crippen molar-refractivity contribution >= 4 is 33.0 Å². The van der Waals surface area contributed by atoms with Gasteiger partial charge in [-0.1, -0.05) is 6.07 Å². The number of halogens is 1. The van der Waals surface area contributed by atoms with Crippen LogP contribution in [0.2, 0.25) is 0 Å². The standard InChI is InChI=1S/C18H26FN5O2S2/c1-5-20-18(24(4)11-16-12-27-14(3)22-16)21-8-9-28(25,26)23-15-7-6-13(2)17(19)10-15/h6-7,10,12,23H,5,8-9,11H2,1-4H3,(H,20,21). The lowest BCUT2D eigenvalue weighted by molar-refractivity contribution is 0.471. The van der Waals surface area contributed by atoms with Crippen LogP contribution in [0.4, 0.5) is 10.1 Å². The van der Waals surface area contributed by atoms with E-state index in [4.69, 9.17) is 0 Å². The second kappa shape index (κ2) is 9.83. The molecule has 1 heterocycles. The first-order valence-electron chi connectivity index (χ1n) is 8.87. The molecule has 2 aromatic rings. The number of nitrogens with one attached hydrogen (secondary N) is 2. The Bertz CT molecular complexity index is 928. The summed E-state index contributed by atoms with van der Waals surface area (Å²) in [4.78, 5) is 10.7. The first-order valence-corrected chi connectivity index (χ1v) is 11.4. The number of hydrogen-bond acceptors (Lipinski definition) is 5. The predicted molar refractivity (Wildman–Crippen MR) is 113 cm³/mol. The molecule has 0 radical (unpaired) electrons. The van der Waals surface area contributed by atoms with E-state index in [0.717, 1.165) is 10.7 Å². The van der Waals surface area contributed by atoms with E-state index >= 15 is 0 Å². The smallest absolute Gasteiger partial charge is 0.234 e. The van der Waals surface area contributed by atoms with Crippen molar-refractivity contribution in [3.63, 3.8) is 0 Å². The van der Waals surface area contributed by atoms with Gasteiger partial charge in [0.15, 0.2) is 5.96 Å². The number of aromatic nitrogens is 1. The quantitative estimate of drug-likeness (QED) is 0.500. The van der Waals surface area contributed by atoms with Crippen LogP contribution in [0.1, 0.15) is 23.2 Å². The fourth-order valence-corrected chi connectivity index (χ4v) is 3.95. The maximum atomic E-state index is 13.6. The first-order chi connectivity index (χ1) is 13.2. The monoisotopic (exact) mass is 427 g/mol. The highest BCUT2D eigenvalue weighted by atomic mass is 32.2. The van der Waals surface area contributed by atoms with Gasteiger partial charge in [0.25, 0.3) is 0 Å². The lowest BCUT2D eigenvalue weighted by Crippen LogP contribution is -2.39. The van der Waals surface area contributed by atoms with Crippen LogP contribution < -0.4 is 10.0 Å². The minimum Gasteiger partial charge on any atom is -0.357 e. The van der Waals surface area contributed by atoms with Gasteiger partial charge in [-0.15, -0.1) is 11.3 Å². The summed E-state index contributed by atoms with van der Waals surface area (Å²) >= 11 is 1.58.